The van der Waals surface area contributed by atoms with E-state index in [0.29, 0.717) is 30.3 Å². The highest BCUT2D eigenvalue weighted by Crippen LogP contribution is 2.31. The lowest BCUT2D eigenvalue weighted by Crippen LogP contribution is -2.36. The number of pyridine rings is 2. The summed E-state index contributed by atoms with van der Waals surface area (Å²) in [4.78, 5) is 19.0. The first kappa shape index (κ1) is 19.0. The van der Waals surface area contributed by atoms with E-state index in [1.165, 1.54) is 12.1 Å². The Bertz CT molecular complexity index is 1210. The summed E-state index contributed by atoms with van der Waals surface area (Å²) in [5.41, 5.74) is 4.00. The van der Waals surface area contributed by atoms with Crippen LogP contribution < -0.4 is 4.90 Å². The second kappa shape index (κ2) is 8.01. The minimum atomic E-state index is -0.257. The average Bonchev–Trinajstić information content (AvgIpc) is 3.16. The van der Waals surface area contributed by atoms with Gasteiger partial charge in [-0.2, -0.15) is 0 Å². The number of halogens is 2. The molecule has 0 bridgehead atoms. The predicted octanol–water partition coefficient (Wildman–Crippen LogP) is 4.24. The molecule has 0 saturated carbocycles. The number of aromatic nitrogens is 4. The third kappa shape index (κ3) is 3.86. The van der Waals surface area contributed by atoms with Gasteiger partial charge < -0.3 is 14.6 Å². The van der Waals surface area contributed by atoms with Gasteiger partial charge in [0.1, 0.15) is 23.0 Å². The minimum absolute atomic E-state index is 0.257. The number of imidazole rings is 1. The van der Waals surface area contributed by atoms with E-state index in [0.717, 1.165) is 46.9 Å². The van der Waals surface area contributed by atoms with Gasteiger partial charge in [-0.05, 0) is 29.8 Å². The fraction of sp³-hybridized carbons (Fsp3) is 0.227. The molecule has 8 heteroatoms. The van der Waals surface area contributed by atoms with Gasteiger partial charge in [0.2, 0.25) is 0 Å². The molecule has 30 heavy (non-hydrogen) atoms. The molecule has 1 N–H and O–H groups in total. The molecule has 0 aliphatic carbocycles. The highest BCUT2D eigenvalue weighted by molar-refractivity contribution is 6.33. The molecular weight excluding hydrogens is 405 g/mol. The Morgan fingerprint density at radius 3 is 2.80 bits per heavy atom. The second-order valence-corrected chi connectivity index (χ2v) is 7.61. The molecule has 0 amide bonds. The quantitative estimate of drug-likeness (QED) is 0.531. The number of fused-ring (bicyclic) bond motifs is 1. The lowest BCUT2D eigenvalue weighted by atomic mass is 10.1. The van der Waals surface area contributed by atoms with Crippen molar-refractivity contribution in [1.29, 1.82) is 0 Å². The molecule has 152 valence electrons. The van der Waals surface area contributed by atoms with Gasteiger partial charge in [-0.25, -0.2) is 19.3 Å². The van der Waals surface area contributed by atoms with Crippen LogP contribution in [0.15, 0.2) is 48.8 Å². The highest BCUT2D eigenvalue weighted by atomic mass is 35.5. The first-order valence-corrected chi connectivity index (χ1v) is 10.1. The van der Waals surface area contributed by atoms with Gasteiger partial charge in [-0.15, -0.1) is 0 Å². The molecule has 1 saturated heterocycles. The first-order valence-electron chi connectivity index (χ1n) is 9.73. The zero-order valence-corrected chi connectivity index (χ0v) is 16.9. The molecule has 3 aromatic heterocycles. The van der Waals surface area contributed by atoms with Crippen molar-refractivity contribution in [2.45, 2.75) is 6.42 Å². The summed E-state index contributed by atoms with van der Waals surface area (Å²) in [5, 5.41) is 0.559. The molecule has 4 heterocycles. The summed E-state index contributed by atoms with van der Waals surface area (Å²) in [6.45, 7) is 2.98. The molecule has 0 unspecified atom stereocenters. The van der Waals surface area contributed by atoms with E-state index < -0.39 is 0 Å². The summed E-state index contributed by atoms with van der Waals surface area (Å²) in [5.74, 6) is 1.34. The van der Waals surface area contributed by atoms with Crippen LogP contribution in [0.2, 0.25) is 5.02 Å². The number of rotatable bonds is 4. The van der Waals surface area contributed by atoms with Crippen molar-refractivity contribution in [2.24, 2.45) is 0 Å². The number of morpholine rings is 1. The van der Waals surface area contributed by atoms with Crippen LogP contribution in [0.1, 0.15) is 11.4 Å². The molecule has 1 aromatic carbocycles. The Kier molecular flexibility index (Phi) is 5.06. The number of hydrogen-bond donors (Lipinski definition) is 1. The Morgan fingerprint density at radius 1 is 1.10 bits per heavy atom. The molecular formula is C22H19ClFN5O. The summed E-state index contributed by atoms with van der Waals surface area (Å²) < 4.78 is 18.9. The number of nitrogens with zero attached hydrogens (tertiary/aromatic N) is 4. The summed E-state index contributed by atoms with van der Waals surface area (Å²) in [6, 6.07) is 10.4. The molecule has 5 rings (SSSR count). The van der Waals surface area contributed by atoms with Crippen LogP contribution in [0, 0.1) is 5.82 Å². The van der Waals surface area contributed by atoms with E-state index in [4.69, 9.17) is 16.3 Å². The number of ether oxygens (including phenoxy) is 1. The maximum Gasteiger partial charge on any atom is 0.157 e. The Hall–Kier alpha value is -3.03. The Labute approximate surface area is 177 Å². The summed E-state index contributed by atoms with van der Waals surface area (Å²) in [6.07, 6.45) is 3.95. The lowest BCUT2D eigenvalue weighted by molar-refractivity contribution is 0.122. The average molecular weight is 424 g/mol. The van der Waals surface area contributed by atoms with Crippen LogP contribution in [0.25, 0.3) is 22.3 Å². The number of H-pyrrole nitrogens is 1. The molecule has 1 aliphatic rings. The van der Waals surface area contributed by atoms with E-state index in [2.05, 4.69) is 24.8 Å². The van der Waals surface area contributed by atoms with Crippen LogP contribution in [0.4, 0.5) is 10.2 Å². The zero-order chi connectivity index (χ0) is 20.5. The number of benzene rings is 1. The number of nitrogens with one attached hydrogen (secondary N) is 1. The zero-order valence-electron chi connectivity index (χ0n) is 16.1. The number of hydrogen-bond acceptors (Lipinski definition) is 5. The van der Waals surface area contributed by atoms with Crippen molar-refractivity contribution in [3.05, 3.63) is 71.0 Å². The van der Waals surface area contributed by atoms with E-state index in [-0.39, 0.29) is 5.82 Å². The van der Waals surface area contributed by atoms with Crippen molar-refractivity contribution in [1.82, 2.24) is 19.9 Å². The van der Waals surface area contributed by atoms with Crippen molar-refractivity contribution < 1.29 is 9.13 Å². The normalized spacial score (nSPS) is 14.4. The smallest absolute Gasteiger partial charge is 0.157 e. The Balaban J connectivity index is 1.46. The van der Waals surface area contributed by atoms with Gasteiger partial charge in [0.25, 0.3) is 0 Å². The summed E-state index contributed by atoms with van der Waals surface area (Å²) in [7, 11) is 0. The molecule has 0 atom stereocenters. The molecule has 4 aromatic rings. The van der Waals surface area contributed by atoms with Crippen molar-refractivity contribution >= 4 is 28.6 Å². The molecule has 1 fully saturated rings. The van der Waals surface area contributed by atoms with Gasteiger partial charge in [-0.1, -0.05) is 23.7 Å². The maximum absolute atomic E-state index is 13.4. The second-order valence-electron chi connectivity index (χ2n) is 7.20. The molecule has 0 spiro atoms. The van der Waals surface area contributed by atoms with Gasteiger partial charge in [0.05, 0.1) is 18.2 Å². The highest BCUT2D eigenvalue weighted by Gasteiger charge is 2.16. The molecule has 6 nitrogen and oxygen atoms in total. The SMILES string of the molecule is Fc1cccc(Cc2nc3cc(-c4cc(N5CCOCC5)ncc4Cl)cnc3[nH]2)c1. The van der Waals surface area contributed by atoms with Gasteiger partial charge >= 0.3 is 0 Å². The maximum atomic E-state index is 13.4. The van der Waals surface area contributed by atoms with E-state index in [1.54, 1.807) is 18.5 Å². The van der Waals surface area contributed by atoms with Crippen molar-refractivity contribution in [2.75, 3.05) is 31.2 Å². The summed E-state index contributed by atoms with van der Waals surface area (Å²) >= 11 is 6.45. The van der Waals surface area contributed by atoms with Gasteiger partial charge in [-0.3, -0.25) is 0 Å². The lowest BCUT2D eigenvalue weighted by Gasteiger charge is -2.28. The van der Waals surface area contributed by atoms with Crippen LogP contribution >= 0.6 is 11.6 Å². The van der Waals surface area contributed by atoms with E-state index in [1.807, 2.05) is 18.2 Å². The van der Waals surface area contributed by atoms with Crippen LogP contribution in [0.3, 0.4) is 0 Å². The van der Waals surface area contributed by atoms with E-state index in [9.17, 15) is 4.39 Å². The largest absolute Gasteiger partial charge is 0.378 e. The van der Waals surface area contributed by atoms with Crippen molar-refractivity contribution in [3.63, 3.8) is 0 Å². The van der Waals surface area contributed by atoms with Crippen LogP contribution in [-0.4, -0.2) is 46.2 Å². The Morgan fingerprint density at radius 2 is 1.97 bits per heavy atom. The third-order valence-corrected chi connectivity index (χ3v) is 5.43. The minimum Gasteiger partial charge on any atom is -0.378 e. The van der Waals surface area contributed by atoms with Crippen molar-refractivity contribution in [3.8, 4) is 11.1 Å². The fourth-order valence-electron chi connectivity index (χ4n) is 3.63. The number of aromatic amines is 1. The fourth-order valence-corrected chi connectivity index (χ4v) is 3.84. The van der Waals surface area contributed by atoms with Gasteiger partial charge in [0, 0.05) is 43.0 Å². The third-order valence-electron chi connectivity index (χ3n) is 5.13. The standard InChI is InChI=1S/C22H19ClFN5O/c23-18-13-25-21(29-4-6-30-7-5-29)11-17(18)15-10-19-22(26-12-15)28-20(27-19)9-14-2-1-3-16(24)8-14/h1-3,8,10-13H,4-7,9H2,(H,26,27,28). The van der Waals surface area contributed by atoms with E-state index >= 15 is 0 Å². The predicted molar refractivity (Wildman–Crippen MR) is 114 cm³/mol. The monoisotopic (exact) mass is 423 g/mol. The topological polar surface area (TPSA) is 66.9 Å². The molecule has 0 radical (unpaired) electrons. The first-order chi connectivity index (χ1) is 14.7. The van der Waals surface area contributed by atoms with Crippen LogP contribution in [0.5, 0.6) is 0 Å². The van der Waals surface area contributed by atoms with Crippen LogP contribution in [-0.2, 0) is 11.2 Å². The molecule has 1 aliphatic heterocycles. The number of anilines is 1. The van der Waals surface area contributed by atoms with Gasteiger partial charge in [0.15, 0.2) is 5.65 Å².